The third-order valence-electron chi connectivity index (χ3n) is 4.62. The lowest BCUT2D eigenvalue weighted by Crippen LogP contribution is -2.24. The summed E-state index contributed by atoms with van der Waals surface area (Å²) in [5, 5.41) is 4.62. The van der Waals surface area contributed by atoms with Gasteiger partial charge in [-0.25, -0.2) is 14.8 Å². The maximum absolute atomic E-state index is 12.9. The van der Waals surface area contributed by atoms with Crippen LogP contribution in [0, 0.1) is 13.8 Å². The van der Waals surface area contributed by atoms with Gasteiger partial charge in [-0.2, -0.15) is 0 Å². The van der Waals surface area contributed by atoms with Crippen molar-refractivity contribution in [2.24, 2.45) is 0 Å². The Morgan fingerprint density at radius 3 is 2.68 bits per heavy atom. The first-order valence-corrected chi connectivity index (χ1v) is 11.6. The number of pyridine rings is 1. The molecule has 0 bridgehead atoms. The summed E-state index contributed by atoms with van der Waals surface area (Å²) in [7, 11) is 1.62. The summed E-state index contributed by atoms with van der Waals surface area (Å²) in [5.74, 6) is 0.0887. The van der Waals surface area contributed by atoms with Crippen molar-refractivity contribution in [1.82, 2.24) is 9.97 Å². The summed E-state index contributed by atoms with van der Waals surface area (Å²) < 4.78 is 10.5. The fraction of sp³-hybridized carbons (Fsp3) is 0.364. The van der Waals surface area contributed by atoms with Crippen LogP contribution in [0.2, 0.25) is 0 Å². The Labute approximate surface area is 189 Å². The number of carbonyl (C=O) groups is 2. The number of benzene rings is 1. The molecule has 0 fully saturated rings. The second-order valence-electron chi connectivity index (χ2n) is 6.79. The molecule has 0 spiro atoms. The quantitative estimate of drug-likeness (QED) is 0.374. The Morgan fingerprint density at radius 2 is 2.00 bits per heavy atom. The molecule has 1 amide bonds. The van der Waals surface area contributed by atoms with Crippen LogP contribution in [-0.2, 0) is 9.53 Å². The predicted molar refractivity (Wildman–Crippen MR) is 124 cm³/mol. The zero-order valence-electron chi connectivity index (χ0n) is 18.1. The Morgan fingerprint density at radius 1 is 1.23 bits per heavy atom. The van der Waals surface area contributed by atoms with Crippen LogP contribution >= 0.6 is 23.1 Å². The molecule has 31 heavy (non-hydrogen) atoms. The van der Waals surface area contributed by atoms with E-state index in [0.717, 1.165) is 32.8 Å². The minimum Gasteiger partial charge on any atom is -0.494 e. The van der Waals surface area contributed by atoms with E-state index in [1.54, 1.807) is 21.0 Å². The van der Waals surface area contributed by atoms with Gasteiger partial charge in [0.2, 0.25) is 5.91 Å². The first-order valence-electron chi connectivity index (χ1n) is 9.94. The monoisotopic (exact) mass is 459 g/mol. The zero-order valence-corrected chi connectivity index (χ0v) is 19.8. The minimum absolute atomic E-state index is 0.184. The molecule has 1 N–H and O–H groups in total. The first-order chi connectivity index (χ1) is 14.9. The number of rotatable bonds is 8. The highest BCUT2D eigenvalue weighted by molar-refractivity contribution is 8.00. The number of thioether (sulfide) groups is 1. The average molecular weight is 460 g/mol. The smallest absolute Gasteiger partial charge is 0.350 e. The summed E-state index contributed by atoms with van der Waals surface area (Å²) >= 11 is 2.52. The van der Waals surface area contributed by atoms with Crippen molar-refractivity contribution < 1.29 is 19.1 Å². The summed E-state index contributed by atoms with van der Waals surface area (Å²) in [6.07, 6.45) is 0.607. The fourth-order valence-corrected chi connectivity index (χ4v) is 4.95. The molecule has 164 valence electrons. The van der Waals surface area contributed by atoms with Crippen LogP contribution in [0.15, 0.2) is 29.3 Å². The van der Waals surface area contributed by atoms with E-state index in [1.165, 1.54) is 11.8 Å². The van der Waals surface area contributed by atoms with E-state index in [9.17, 15) is 9.59 Å². The summed E-state index contributed by atoms with van der Waals surface area (Å²) in [6.45, 7) is 7.72. The van der Waals surface area contributed by atoms with E-state index in [1.807, 2.05) is 38.1 Å². The molecule has 3 rings (SSSR count). The van der Waals surface area contributed by atoms with Crippen molar-refractivity contribution >= 4 is 51.0 Å². The first kappa shape index (κ1) is 23.0. The van der Waals surface area contributed by atoms with Gasteiger partial charge in [-0.3, -0.25) is 4.79 Å². The molecule has 9 heteroatoms. The molecule has 1 unspecified atom stereocenters. The number of anilines is 1. The molecule has 3 aromatic rings. The van der Waals surface area contributed by atoms with Crippen LogP contribution < -0.4 is 10.1 Å². The molecule has 0 aliphatic rings. The number of thiazole rings is 1. The maximum Gasteiger partial charge on any atom is 0.350 e. The zero-order chi connectivity index (χ0) is 22.5. The second-order valence-corrected chi connectivity index (χ2v) is 9.01. The van der Waals surface area contributed by atoms with Gasteiger partial charge in [0.1, 0.15) is 16.1 Å². The van der Waals surface area contributed by atoms with Crippen molar-refractivity contribution in [3.63, 3.8) is 0 Å². The largest absolute Gasteiger partial charge is 0.494 e. The van der Waals surface area contributed by atoms with Crippen molar-refractivity contribution in [3.8, 4) is 5.75 Å². The summed E-state index contributed by atoms with van der Waals surface area (Å²) in [4.78, 5) is 34.3. The highest BCUT2D eigenvalue weighted by Crippen LogP contribution is 2.32. The number of para-hydroxylation sites is 1. The van der Waals surface area contributed by atoms with Crippen molar-refractivity contribution in [1.29, 1.82) is 0 Å². The van der Waals surface area contributed by atoms with Gasteiger partial charge >= 0.3 is 5.97 Å². The number of hydrogen-bond donors (Lipinski definition) is 1. The average Bonchev–Trinajstić information content (AvgIpc) is 3.11. The molecule has 2 aromatic heterocycles. The molecule has 0 saturated carbocycles. The lowest BCUT2D eigenvalue weighted by atomic mass is 10.1. The number of aryl methyl sites for hydroxylation is 2. The fourth-order valence-electron chi connectivity index (χ4n) is 3.08. The molecule has 2 heterocycles. The Hall–Kier alpha value is -2.65. The third-order valence-corrected chi connectivity index (χ3v) is 6.95. The van der Waals surface area contributed by atoms with E-state index < -0.39 is 5.97 Å². The predicted octanol–water partition coefficient (Wildman–Crippen LogP) is 5.00. The number of amides is 1. The van der Waals surface area contributed by atoms with Crippen LogP contribution in [0.25, 0.3) is 10.9 Å². The van der Waals surface area contributed by atoms with Crippen LogP contribution in [0.4, 0.5) is 5.13 Å². The second kappa shape index (κ2) is 10.1. The molecular weight excluding hydrogens is 434 g/mol. The Bertz CT molecular complexity index is 1110. The van der Waals surface area contributed by atoms with Crippen LogP contribution in [0.3, 0.4) is 0 Å². The number of hydrogen-bond acceptors (Lipinski definition) is 8. The number of methoxy groups -OCH3 is 1. The Kier molecular flexibility index (Phi) is 7.50. The molecule has 1 aromatic carbocycles. The van der Waals surface area contributed by atoms with Crippen molar-refractivity contribution in [2.45, 2.75) is 44.4 Å². The van der Waals surface area contributed by atoms with Gasteiger partial charge < -0.3 is 14.8 Å². The lowest BCUT2D eigenvalue weighted by Gasteiger charge is -2.15. The molecule has 7 nitrogen and oxygen atoms in total. The number of aromatic nitrogens is 2. The summed E-state index contributed by atoms with van der Waals surface area (Å²) in [5.41, 5.74) is 2.38. The van der Waals surface area contributed by atoms with E-state index in [0.29, 0.717) is 27.9 Å². The topological polar surface area (TPSA) is 90.4 Å². The van der Waals surface area contributed by atoms with Gasteiger partial charge in [0, 0.05) is 5.39 Å². The summed E-state index contributed by atoms with van der Waals surface area (Å²) in [6, 6.07) is 7.80. The lowest BCUT2D eigenvalue weighted by molar-refractivity contribution is -0.115. The molecule has 1 atom stereocenters. The van der Waals surface area contributed by atoms with E-state index in [2.05, 4.69) is 10.3 Å². The SMILES string of the molecule is CCOC(=O)c1sc(NC(=O)C(CC)Sc2cc(C)c3cccc(OC)c3n2)nc1C. The number of carbonyl (C=O) groups excluding carboxylic acids is 2. The van der Waals surface area contributed by atoms with Crippen molar-refractivity contribution in [3.05, 3.63) is 40.4 Å². The molecule has 0 aliphatic heterocycles. The Balaban J connectivity index is 1.79. The number of nitrogens with zero attached hydrogens (tertiary/aromatic N) is 2. The molecule has 0 radical (unpaired) electrons. The standard InChI is InChI=1S/C22H25N3O4S2/c1-6-16(20(26)25-22-23-13(4)19(31-22)21(27)29-7-2)30-17-11-12(3)14-9-8-10-15(28-5)18(14)24-17/h8-11,16H,6-7H2,1-5H3,(H,23,25,26). The number of nitrogens with one attached hydrogen (secondary N) is 1. The van der Waals surface area contributed by atoms with Crippen LogP contribution in [-0.4, -0.2) is 40.8 Å². The molecular formula is C22H25N3O4S2. The van der Waals surface area contributed by atoms with Crippen LogP contribution in [0.5, 0.6) is 5.75 Å². The van der Waals surface area contributed by atoms with Gasteiger partial charge in [0.25, 0.3) is 0 Å². The van der Waals surface area contributed by atoms with Crippen LogP contribution in [0.1, 0.15) is 41.2 Å². The van der Waals surface area contributed by atoms with Gasteiger partial charge in [-0.15, -0.1) is 0 Å². The van der Waals surface area contributed by atoms with E-state index in [4.69, 9.17) is 14.5 Å². The highest BCUT2D eigenvalue weighted by Gasteiger charge is 2.23. The number of fused-ring (bicyclic) bond motifs is 1. The highest BCUT2D eigenvalue weighted by atomic mass is 32.2. The van der Waals surface area contributed by atoms with E-state index >= 15 is 0 Å². The normalized spacial score (nSPS) is 11.9. The molecule has 0 saturated heterocycles. The third kappa shape index (κ3) is 5.16. The maximum atomic E-state index is 12.9. The van der Waals surface area contributed by atoms with Crippen molar-refractivity contribution in [2.75, 3.05) is 19.0 Å². The number of esters is 1. The van der Waals surface area contributed by atoms with E-state index in [-0.39, 0.29) is 17.8 Å². The number of ether oxygens (including phenoxy) is 2. The van der Waals surface area contributed by atoms with Gasteiger partial charge in [-0.1, -0.05) is 42.2 Å². The van der Waals surface area contributed by atoms with Gasteiger partial charge in [-0.05, 0) is 44.9 Å². The van der Waals surface area contributed by atoms with Gasteiger partial charge in [0.15, 0.2) is 5.13 Å². The molecule has 0 aliphatic carbocycles. The van der Waals surface area contributed by atoms with Gasteiger partial charge in [0.05, 0.1) is 29.7 Å². The minimum atomic E-state index is -0.427.